The van der Waals surface area contributed by atoms with E-state index >= 15 is 0 Å². The maximum absolute atomic E-state index is 11.6. The summed E-state index contributed by atoms with van der Waals surface area (Å²) in [7, 11) is 0. The molecule has 0 aliphatic rings. The third-order valence-corrected chi connectivity index (χ3v) is 3.30. The van der Waals surface area contributed by atoms with Crippen molar-refractivity contribution in [2.45, 2.75) is 39.7 Å². The topological polar surface area (TPSA) is 89.3 Å². The molecule has 0 spiro atoms. The third-order valence-electron chi connectivity index (χ3n) is 3.30. The highest BCUT2D eigenvalue weighted by atomic mass is 16.6. The lowest BCUT2D eigenvalue weighted by Crippen LogP contribution is -2.33. The van der Waals surface area contributed by atoms with E-state index in [0.717, 1.165) is 35.2 Å². The van der Waals surface area contributed by atoms with Crippen LogP contribution in [0.25, 0.3) is 10.9 Å². The van der Waals surface area contributed by atoms with Gasteiger partial charge in [-0.1, -0.05) is 0 Å². The Morgan fingerprint density at radius 3 is 2.71 bits per heavy atom. The van der Waals surface area contributed by atoms with Gasteiger partial charge in [0.1, 0.15) is 5.60 Å². The number of pyridine rings is 1. The van der Waals surface area contributed by atoms with Gasteiger partial charge >= 0.3 is 6.09 Å². The van der Waals surface area contributed by atoms with Crippen LogP contribution in [0.15, 0.2) is 24.3 Å². The molecule has 24 heavy (non-hydrogen) atoms. The van der Waals surface area contributed by atoms with E-state index in [1.807, 2.05) is 52.0 Å². The Balaban J connectivity index is 1.88. The van der Waals surface area contributed by atoms with Crippen molar-refractivity contribution in [2.75, 3.05) is 24.1 Å². The fourth-order valence-corrected chi connectivity index (χ4v) is 2.34. The van der Waals surface area contributed by atoms with Crippen molar-refractivity contribution in [1.82, 2.24) is 10.3 Å². The highest BCUT2D eigenvalue weighted by molar-refractivity contribution is 5.93. The first-order chi connectivity index (χ1) is 11.2. The Bertz CT molecular complexity index is 723. The average Bonchev–Trinajstić information content (AvgIpc) is 2.45. The zero-order valence-corrected chi connectivity index (χ0v) is 14.8. The smallest absolute Gasteiger partial charge is 0.407 e. The van der Waals surface area contributed by atoms with E-state index in [2.05, 4.69) is 15.6 Å². The third kappa shape index (κ3) is 5.30. The Morgan fingerprint density at radius 1 is 1.25 bits per heavy atom. The number of amides is 1. The maximum atomic E-state index is 11.6. The second kappa shape index (κ2) is 7.38. The Morgan fingerprint density at radius 2 is 2.00 bits per heavy atom. The minimum atomic E-state index is -0.476. The van der Waals surface area contributed by atoms with Crippen molar-refractivity contribution in [3.05, 3.63) is 30.0 Å². The standard InChI is InChI=1S/C18H26N4O2/c1-12-10-16(14-11-13(19)6-7-15(14)22-12)20-8-5-9-21-17(23)24-18(2,3)4/h6-7,10-11H,5,8-9,19H2,1-4H3,(H,20,22)(H,21,23). The van der Waals surface area contributed by atoms with Gasteiger partial charge in [0.25, 0.3) is 0 Å². The van der Waals surface area contributed by atoms with E-state index in [0.29, 0.717) is 12.2 Å². The molecule has 1 amide bonds. The number of benzene rings is 1. The number of anilines is 2. The van der Waals surface area contributed by atoms with Crippen LogP contribution in [-0.4, -0.2) is 29.8 Å². The minimum absolute atomic E-state index is 0.388. The van der Waals surface area contributed by atoms with Crippen LogP contribution in [0.3, 0.4) is 0 Å². The van der Waals surface area contributed by atoms with Gasteiger partial charge in [0.05, 0.1) is 5.52 Å². The second-order valence-corrected chi connectivity index (χ2v) is 6.80. The number of nitrogens with two attached hydrogens (primary N) is 1. The number of alkyl carbamates (subject to hydrolysis) is 1. The Kier molecular flexibility index (Phi) is 5.49. The van der Waals surface area contributed by atoms with E-state index in [4.69, 9.17) is 10.5 Å². The zero-order chi connectivity index (χ0) is 17.7. The summed E-state index contributed by atoms with van der Waals surface area (Å²) < 4.78 is 5.20. The molecule has 0 fully saturated rings. The number of rotatable bonds is 5. The summed E-state index contributed by atoms with van der Waals surface area (Å²) in [5.41, 5.74) is 8.97. The van der Waals surface area contributed by atoms with E-state index < -0.39 is 5.60 Å². The van der Waals surface area contributed by atoms with Crippen LogP contribution in [0.2, 0.25) is 0 Å². The molecule has 130 valence electrons. The number of carbonyl (C=O) groups is 1. The predicted octanol–water partition coefficient (Wildman–Crippen LogP) is 3.45. The summed E-state index contributed by atoms with van der Waals surface area (Å²) >= 11 is 0. The van der Waals surface area contributed by atoms with Gasteiger partial charge in [-0.25, -0.2) is 4.79 Å². The summed E-state index contributed by atoms with van der Waals surface area (Å²) in [5.74, 6) is 0. The lowest BCUT2D eigenvalue weighted by Gasteiger charge is -2.19. The van der Waals surface area contributed by atoms with Gasteiger partial charge in [-0.05, 0) is 58.4 Å². The first kappa shape index (κ1) is 17.8. The van der Waals surface area contributed by atoms with Crippen LogP contribution < -0.4 is 16.4 Å². The molecular weight excluding hydrogens is 304 g/mol. The summed E-state index contributed by atoms with van der Waals surface area (Å²) in [6, 6.07) is 7.70. The molecule has 0 saturated heterocycles. The van der Waals surface area contributed by atoms with Gasteiger partial charge in [0.15, 0.2) is 0 Å². The second-order valence-electron chi connectivity index (χ2n) is 6.80. The van der Waals surface area contributed by atoms with Crippen LogP contribution in [0.4, 0.5) is 16.2 Å². The zero-order valence-electron chi connectivity index (χ0n) is 14.8. The molecular formula is C18H26N4O2. The maximum Gasteiger partial charge on any atom is 0.407 e. The van der Waals surface area contributed by atoms with Gasteiger partial charge < -0.3 is 21.1 Å². The quantitative estimate of drug-likeness (QED) is 0.577. The average molecular weight is 330 g/mol. The highest BCUT2D eigenvalue weighted by Gasteiger charge is 2.15. The van der Waals surface area contributed by atoms with Crippen LogP contribution in [-0.2, 0) is 4.74 Å². The monoisotopic (exact) mass is 330 g/mol. The molecule has 2 rings (SSSR count). The first-order valence-electron chi connectivity index (χ1n) is 8.12. The van der Waals surface area contributed by atoms with Crippen molar-refractivity contribution in [2.24, 2.45) is 0 Å². The van der Waals surface area contributed by atoms with Crippen molar-refractivity contribution in [3.8, 4) is 0 Å². The number of hydrogen-bond acceptors (Lipinski definition) is 5. The van der Waals surface area contributed by atoms with Crippen molar-refractivity contribution in [3.63, 3.8) is 0 Å². The number of nitrogen functional groups attached to an aromatic ring is 1. The van der Waals surface area contributed by atoms with Gasteiger partial charge in [-0.15, -0.1) is 0 Å². The number of carbonyl (C=O) groups excluding carboxylic acids is 1. The fourth-order valence-electron chi connectivity index (χ4n) is 2.34. The van der Waals surface area contributed by atoms with E-state index in [1.165, 1.54) is 0 Å². The molecule has 0 aliphatic carbocycles. The number of aryl methyl sites for hydroxylation is 1. The molecule has 1 aromatic heterocycles. The molecule has 0 atom stereocenters. The molecule has 0 unspecified atom stereocenters. The van der Waals surface area contributed by atoms with Crippen molar-refractivity contribution >= 4 is 28.4 Å². The summed E-state index contributed by atoms with van der Waals surface area (Å²) in [6.07, 6.45) is 0.394. The Hall–Kier alpha value is -2.50. The molecule has 0 aliphatic heterocycles. The summed E-state index contributed by atoms with van der Waals surface area (Å²) in [5, 5.41) is 7.14. The van der Waals surface area contributed by atoms with Gasteiger partial charge in [0.2, 0.25) is 0 Å². The molecule has 6 heteroatoms. The number of nitrogens with zero attached hydrogens (tertiary/aromatic N) is 1. The van der Waals surface area contributed by atoms with Gasteiger partial charge in [0, 0.05) is 35.5 Å². The summed E-state index contributed by atoms with van der Waals surface area (Å²) in [4.78, 5) is 16.1. The largest absolute Gasteiger partial charge is 0.444 e. The van der Waals surface area contributed by atoms with Crippen LogP contribution in [0.5, 0.6) is 0 Å². The normalized spacial score (nSPS) is 11.3. The number of ether oxygens (including phenoxy) is 1. The van der Waals surface area contributed by atoms with Crippen LogP contribution in [0.1, 0.15) is 32.9 Å². The van der Waals surface area contributed by atoms with Crippen LogP contribution in [0, 0.1) is 6.92 Å². The van der Waals surface area contributed by atoms with Crippen LogP contribution >= 0.6 is 0 Å². The van der Waals surface area contributed by atoms with Crippen molar-refractivity contribution in [1.29, 1.82) is 0 Å². The first-order valence-corrected chi connectivity index (χ1v) is 8.12. The lowest BCUT2D eigenvalue weighted by atomic mass is 10.1. The van der Waals surface area contributed by atoms with Gasteiger partial charge in [-0.3, -0.25) is 4.98 Å². The SMILES string of the molecule is Cc1cc(NCCCNC(=O)OC(C)(C)C)c2cc(N)ccc2n1. The molecule has 0 radical (unpaired) electrons. The Labute approximate surface area is 142 Å². The number of hydrogen-bond donors (Lipinski definition) is 3. The molecule has 0 saturated carbocycles. The van der Waals surface area contributed by atoms with E-state index in [-0.39, 0.29) is 6.09 Å². The fraction of sp³-hybridized carbons (Fsp3) is 0.444. The summed E-state index contributed by atoms with van der Waals surface area (Å²) in [6.45, 7) is 8.77. The molecule has 4 N–H and O–H groups in total. The molecule has 0 bridgehead atoms. The highest BCUT2D eigenvalue weighted by Crippen LogP contribution is 2.25. The number of aromatic nitrogens is 1. The number of fused-ring (bicyclic) bond motifs is 1. The van der Waals surface area contributed by atoms with E-state index in [1.54, 1.807) is 0 Å². The molecule has 2 aromatic rings. The van der Waals surface area contributed by atoms with Crippen molar-refractivity contribution < 1.29 is 9.53 Å². The van der Waals surface area contributed by atoms with E-state index in [9.17, 15) is 4.79 Å². The molecule has 6 nitrogen and oxygen atoms in total. The molecule has 1 aromatic carbocycles. The predicted molar refractivity (Wildman–Crippen MR) is 98.2 cm³/mol. The lowest BCUT2D eigenvalue weighted by molar-refractivity contribution is 0.0528. The number of nitrogens with one attached hydrogen (secondary N) is 2. The van der Waals surface area contributed by atoms with Gasteiger partial charge in [-0.2, -0.15) is 0 Å². The molecule has 1 heterocycles. The minimum Gasteiger partial charge on any atom is -0.444 e.